The molecule has 0 atom stereocenters. The van der Waals surface area contributed by atoms with Crippen LogP contribution in [0.5, 0.6) is 0 Å². The van der Waals surface area contributed by atoms with Gasteiger partial charge in [0.2, 0.25) is 5.95 Å². The molecule has 110 valence electrons. The molecule has 23 heavy (non-hydrogen) atoms. The largest absolute Gasteiger partial charge is 0.324 e. The van der Waals surface area contributed by atoms with Gasteiger partial charge < -0.3 is 5.32 Å². The number of hydrogen-bond acceptors (Lipinski definition) is 6. The summed E-state index contributed by atoms with van der Waals surface area (Å²) >= 11 is 0. The summed E-state index contributed by atoms with van der Waals surface area (Å²) in [5, 5.41) is 2.99. The lowest BCUT2D eigenvalue weighted by Gasteiger charge is -2.18. The van der Waals surface area contributed by atoms with Crippen LogP contribution >= 0.6 is 0 Å². The normalized spacial score (nSPS) is 12.5. The smallest absolute Gasteiger partial charge is 0.230 e. The van der Waals surface area contributed by atoms with Crippen LogP contribution in [0.2, 0.25) is 0 Å². The van der Waals surface area contributed by atoms with E-state index in [1.807, 2.05) is 0 Å². The molecule has 3 aromatic rings. The molecule has 2 aromatic carbocycles. The number of hydrogen-bond donors (Lipinski definition) is 1. The van der Waals surface area contributed by atoms with Crippen LogP contribution in [0.25, 0.3) is 0 Å². The number of nitrogens with zero attached hydrogens (tertiary/aromatic N) is 3. The van der Waals surface area contributed by atoms with Crippen LogP contribution < -0.4 is 5.32 Å². The monoisotopic (exact) mass is 302 g/mol. The van der Waals surface area contributed by atoms with E-state index in [1.165, 1.54) is 12.7 Å². The molecule has 4 rings (SSSR count). The van der Waals surface area contributed by atoms with E-state index < -0.39 is 0 Å². The van der Waals surface area contributed by atoms with Gasteiger partial charge in [-0.15, -0.1) is 0 Å². The minimum atomic E-state index is -0.158. The number of fused-ring (bicyclic) bond motifs is 2. The van der Waals surface area contributed by atoms with Crippen molar-refractivity contribution in [2.24, 2.45) is 0 Å². The molecule has 6 nitrogen and oxygen atoms in total. The molecule has 0 amide bonds. The zero-order valence-corrected chi connectivity index (χ0v) is 11.9. The van der Waals surface area contributed by atoms with Crippen molar-refractivity contribution in [3.63, 3.8) is 0 Å². The van der Waals surface area contributed by atoms with Crippen molar-refractivity contribution in [2.45, 2.75) is 0 Å². The lowest BCUT2D eigenvalue weighted by atomic mass is 9.84. The zero-order chi connectivity index (χ0) is 15.8. The zero-order valence-electron chi connectivity index (χ0n) is 11.9. The van der Waals surface area contributed by atoms with Crippen LogP contribution in [0.3, 0.4) is 0 Å². The second-order valence-corrected chi connectivity index (χ2v) is 5.05. The van der Waals surface area contributed by atoms with Crippen molar-refractivity contribution in [1.82, 2.24) is 15.0 Å². The number of carbonyl (C=O) groups is 2. The van der Waals surface area contributed by atoms with E-state index in [2.05, 4.69) is 20.3 Å². The molecule has 0 unspecified atom stereocenters. The van der Waals surface area contributed by atoms with Crippen molar-refractivity contribution in [1.29, 1.82) is 0 Å². The Labute approximate surface area is 131 Å². The highest BCUT2D eigenvalue weighted by Gasteiger charge is 2.29. The van der Waals surface area contributed by atoms with Crippen molar-refractivity contribution < 1.29 is 9.59 Å². The number of aromatic nitrogens is 3. The molecule has 0 fully saturated rings. The number of carbonyl (C=O) groups excluding carboxylic acids is 2. The molecule has 1 heterocycles. The third kappa shape index (κ3) is 2.17. The SMILES string of the molecule is O=C1c2ccccc2C(=O)c2cc(Nc3ncncn3)ccc21. The second-order valence-electron chi connectivity index (χ2n) is 5.05. The predicted molar refractivity (Wildman–Crippen MR) is 82.9 cm³/mol. The summed E-state index contributed by atoms with van der Waals surface area (Å²) in [5.41, 5.74) is 2.31. The molecule has 1 aromatic heterocycles. The summed E-state index contributed by atoms with van der Waals surface area (Å²) in [5.74, 6) is 0.0753. The van der Waals surface area contributed by atoms with Gasteiger partial charge in [0.05, 0.1) is 0 Å². The number of anilines is 2. The standard InChI is InChI=1S/C17H10N4O2/c22-15-11-3-1-2-4-12(11)16(23)14-7-10(5-6-13(14)15)21-17-19-8-18-9-20-17/h1-9H,(H,18,19,20,21). The first-order chi connectivity index (χ1) is 11.2. The summed E-state index contributed by atoms with van der Waals surface area (Å²) < 4.78 is 0. The summed E-state index contributed by atoms with van der Waals surface area (Å²) in [4.78, 5) is 36.8. The molecule has 0 bridgehead atoms. The van der Waals surface area contributed by atoms with Gasteiger partial charge in [-0.3, -0.25) is 9.59 Å². The Morgan fingerprint density at radius 2 is 1.35 bits per heavy atom. The van der Waals surface area contributed by atoms with E-state index in [0.29, 0.717) is 33.9 Å². The third-order valence-corrected chi connectivity index (χ3v) is 3.67. The molecular formula is C17H10N4O2. The number of nitrogens with one attached hydrogen (secondary N) is 1. The summed E-state index contributed by atoms with van der Waals surface area (Å²) in [6.07, 6.45) is 2.75. The summed E-state index contributed by atoms with van der Waals surface area (Å²) in [6, 6.07) is 11.9. The van der Waals surface area contributed by atoms with Crippen LogP contribution in [0.15, 0.2) is 55.1 Å². The maximum Gasteiger partial charge on any atom is 0.230 e. The average Bonchev–Trinajstić information content (AvgIpc) is 2.60. The molecule has 1 aliphatic carbocycles. The van der Waals surface area contributed by atoms with Gasteiger partial charge in [-0.2, -0.15) is 0 Å². The molecule has 0 aliphatic heterocycles. The van der Waals surface area contributed by atoms with Crippen molar-refractivity contribution in [3.8, 4) is 0 Å². The van der Waals surface area contributed by atoms with Crippen molar-refractivity contribution in [2.75, 3.05) is 5.32 Å². The highest BCUT2D eigenvalue weighted by molar-refractivity contribution is 6.28. The van der Waals surface area contributed by atoms with Crippen molar-refractivity contribution in [3.05, 3.63) is 77.4 Å². The minimum absolute atomic E-state index is 0.137. The van der Waals surface area contributed by atoms with E-state index in [0.717, 1.165) is 0 Å². The fraction of sp³-hybridized carbons (Fsp3) is 0. The average molecular weight is 302 g/mol. The number of benzene rings is 2. The molecule has 1 N–H and O–H groups in total. The van der Waals surface area contributed by atoms with Gasteiger partial charge in [0.15, 0.2) is 11.6 Å². The molecule has 0 saturated carbocycles. The first-order valence-electron chi connectivity index (χ1n) is 6.95. The Balaban J connectivity index is 1.77. The Hall–Kier alpha value is -3.41. The van der Waals surface area contributed by atoms with Crippen LogP contribution in [0.4, 0.5) is 11.6 Å². The molecule has 6 heteroatoms. The second kappa shape index (κ2) is 5.10. The third-order valence-electron chi connectivity index (χ3n) is 3.67. The number of rotatable bonds is 2. The quantitative estimate of drug-likeness (QED) is 0.612. The van der Waals surface area contributed by atoms with E-state index in [4.69, 9.17) is 0 Å². The van der Waals surface area contributed by atoms with Crippen LogP contribution in [0.1, 0.15) is 31.8 Å². The van der Waals surface area contributed by atoms with Gasteiger partial charge in [0, 0.05) is 27.9 Å². The van der Waals surface area contributed by atoms with Gasteiger partial charge in [0.25, 0.3) is 0 Å². The molecule has 0 spiro atoms. The number of ketones is 2. The van der Waals surface area contributed by atoms with Crippen LogP contribution in [-0.2, 0) is 0 Å². The highest BCUT2D eigenvalue weighted by Crippen LogP contribution is 2.29. The lowest BCUT2D eigenvalue weighted by Crippen LogP contribution is -2.20. The van der Waals surface area contributed by atoms with Gasteiger partial charge in [0.1, 0.15) is 12.7 Å². The molecular weight excluding hydrogens is 292 g/mol. The van der Waals surface area contributed by atoms with E-state index >= 15 is 0 Å². The maximum atomic E-state index is 12.6. The van der Waals surface area contributed by atoms with Gasteiger partial charge >= 0.3 is 0 Å². The Bertz CT molecular complexity index is 938. The Kier molecular flexibility index (Phi) is 2.94. The summed E-state index contributed by atoms with van der Waals surface area (Å²) in [6.45, 7) is 0. The fourth-order valence-corrected chi connectivity index (χ4v) is 2.61. The Morgan fingerprint density at radius 3 is 2.04 bits per heavy atom. The van der Waals surface area contributed by atoms with Gasteiger partial charge in [-0.1, -0.05) is 24.3 Å². The molecule has 1 aliphatic rings. The van der Waals surface area contributed by atoms with Crippen LogP contribution in [0, 0.1) is 0 Å². The fourth-order valence-electron chi connectivity index (χ4n) is 2.61. The van der Waals surface area contributed by atoms with Crippen molar-refractivity contribution >= 4 is 23.2 Å². The van der Waals surface area contributed by atoms with E-state index in [1.54, 1.807) is 42.5 Å². The molecule has 0 saturated heterocycles. The van der Waals surface area contributed by atoms with Crippen LogP contribution in [-0.4, -0.2) is 26.5 Å². The Morgan fingerprint density at radius 1 is 0.739 bits per heavy atom. The van der Waals surface area contributed by atoms with Gasteiger partial charge in [-0.25, -0.2) is 15.0 Å². The first kappa shape index (κ1) is 13.3. The maximum absolute atomic E-state index is 12.6. The predicted octanol–water partition coefficient (Wildman–Crippen LogP) is 2.39. The lowest BCUT2D eigenvalue weighted by molar-refractivity contribution is 0.0979. The highest BCUT2D eigenvalue weighted by atomic mass is 16.1. The van der Waals surface area contributed by atoms with Gasteiger partial charge in [-0.05, 0) is 18.2 Å². The summed E-state index contributed by atoms with van der Waals surface area (Å²) in [7, 11) is 0. The van der Waals surface area contributed by atoms with E-state index in [9.17, 15) is 9.59 Å². The topological polar surface area (TPSA) is 84.8 Å². The van der Waals surface area contributed by atoms with E-state index in [-0.39, 0.29) is 11.6 Å². The minimum Gasteiger partial charge on any atom is -0.324 e. The first-order valence-corrected chi connectivity index (χ1v) is 6.95. The molecule has 0 radical (unpaired) electrons.